The summed E-state index contributed by atoms with van der Waals surface area (Å²) in [5.74, 6) is 0.600. The van der Waals surface area contributed by atoms with Crippen molar-refractivity contribution in [2.75, 3.05) is 11.4 Å². The molecule has 0 aliphatic carbocycles. The predicted octanol–water partition coefficient (Wildman–Crippen LogP) is 3.62. The van der Waals surface area contributed by atoms with Crippen LogP contribution in [0, 0.1) is 5.82 Å². The Hall–Kier alpha value is -1.42. The van der Waals surface area contributed by atoms with Gasteiger partial charge < -0.3 is 4.90 Å². The smallest absolute Gasteiger partial charge is 0.141 e. The summed E-state index contributed by atoms with van der Waals surface area (Å²) in [5, 5.41) is 2.10. The molecular weight excluding hydrogens is 235 g/mol. The van der Waals surface area contributed by atoms with E-state index >= 15 is 0 Å². The van der Waals surface area contributed by atoms with Gasteiger partial charge in [-0.15, -0.1) is 11.3 Å². The highest BCUT2D eigenvalue weighted by Crippen LogP contribution is 2.36. The summed E-state index contributed by atoms with van der Waals surface area (Å²) in [7, 11) is 0. The van der Waals surface area contributed by atoms with Crippen molar-refractivity contribution in [3.05, 3.63) is 46.5 Å². The summed E-state index contributed by atoms with van der Waals surface area (Å²) < 4.78 is 12.9. The number of thiophene rings is 1. The first kappa shape index (κ1) is 10.7. The van der Waals surface area contributed by atoms with E-state index in [1.165, 1.54) is 23.6 Å². The van der Waals surface area contributed by atoms with E-state index in [1.807, 2.05) is 0 Å². The molecule has 4 heteroatoms. The minimum Gasteiger partial charge on any atom is -0.349 e. The number of hydrogen-bond acceptors (Lipinski definition) is 3. The molecule has 1 fully saturated rings. The average molecular weight is 248 g/mol. The molecular formula is C13H13FN2S. The highest BCUT2D eigenvalue weighted by molar-refractivity contribution is 7.10. The molecule has 2 aromatic rings. The van der Waals surface area contributed by atoms with Crippen molar-refractivity contribution in [1.29, 1.82) is 0 Å². The summed E-state index contributed by atoms with van der Waals surface area (Å²) in [5.41, 5.74) is 0. The Bertz CT molecular complexity index is 481. The van der Waals surface area contributed by atoms with Gasteiger partial charge in [0, 0.05) is 11.4 Å². The highest BCUT2D eigenvalue weighted by Gasteiger charge is 2.27. The summed E-state index contributed by atoms with van der Waals surface area (Å²) in [6.07, 6.45) is 3.61. The van der Waals surface area contributed by atoms with Crippen molar-refractivity contribution in [3.63, 3.8) is 0 Å². The lowest BCUT2D eigenvalue weighted by Crippen LogP contribution is -2.22. The fraction of sp³-hybridized carbons (Fsp3) is 0.308. The summed E-state index contributed by atoms with van der Waals surface area (Å²) in [6, 6.07) is 7.90. The van der Waals surface area contributed by atoms with Gasteiger partial charge in [-0.1, -0.05) is 6.07 Å². The van der Waals surface area contributed by atoms with Gasteiger partial charge in [-0.25, -0.2) is 9.37 Å². The second kappa shape index (κ2) is 4.45. The fourth-order valence-electron chi connectivity index (χ4n) is 2.36. The maximum atomic E-state index is 12.9. The molecule has 0 aromatic carbocycles. The number of halogens is 1. The Morgan fingerprint density at radius 1 is 1.35 bits per heavy atom. The van der Waals surface area contributed by atoms with Crippen LogP contribution < -0.4 is 4.90 Å². The second-order valence-corrected chi connectivity index (χ2v) is 5.18. The third-order valence-electron chi connectivity index (χ3n) is 3.13. The van der Waals surface area contributed by atoms with Gasteiger partial charge in [0.15, 0.2) is 0 Å². The standard InChI is InChI=1S/C13H13FN2S/c14-10-5-6-13(15-9-10)16-7-1-3-11(16)12-4-2-8-17-12/h2,4-6,8-9,11H,1,3,7H2. The molecule has 1 atom stereocenters. The van der Waals surface area contributed by atoms with E-state index in [4.69, 9.17) is 0 Å². The van der Waals surface area contributed by atoms with Crippen LogP contribution >= 0.6 is 11.3 Å². The van der Waals surface area contributed by atoms with E-state index in [-0.39, 0.29) is 5.82 Å². The lowest BCUT2D eigenvalue weighted by atomic mass is 10.2. The van der Waals surface area contributed by atoms with Crippen LogP contribution in [0.25, 0.3) is 0 Å². The number of nitrogens with zero attached hydrogens (tertiary/aromatic N) is 2. The molecule has 0 bridgehead atoms. The zero-order valence-electron chi connectivity index (χ0n) is 9.34. The van der Waals surface area contributed by atoms with Crippen molar-refractivity contribution in [2.24, 2.45) is 0 Å². The molecule has 0 radical (unpaired) electrons. The molecule has 1 saturated heterocycles. The predicted molar refractivity (Wildman–Crippen MR) is 67.8 cm³/mol. The Morgan fingerprint density at radius 3 is 3.00 bits per heavy atom. The van der Waals surface area contributed by atoms with Crippen molar-refractivity contribution >= 4 is 17.2 Å². The van der Waals surface area contributed by atoms with Crippen molar-refractivity contribution < 1.29 is 4.39 Å². The van der Waals surface area contributed by atoms with E-state index in [9.17, 15) is 4.39 Å². The molecule has 0 spiro atoms. The van der Waals surface area contributed by atoms with E-state index in [2.05, 4.69) is 27.4 Å². The van der Waals surface area contributed by atoms with Crippen molar-refractivity contribution in [3.8, 4) is 0 Å². The molecule has 1 aliphatic rings. The third kappa shape index (κ3) is 2.05. The topological polar surface area (TPSA) is 16.1 Å². The Labute approximate surface area is 104 Å². The quantitative estimate of drug-likeness (QED) is 0.807. The van der Waals surface area contributed by atoms with Crippen molar-refractivity contribution in [2.45, 2.75) is 18.9 Å². The molecule has 1 unspecified atom stereocenters. The van der Waals surface area contributed by atoms with E-state index in [0.717, 1.165) is 18.8 Å². The first-order valence-electron chi connectivity index (χ1n) is 5.76. The lowest BCUT2D eigenvalue weighted by Gasteiger charge is -2.24. The Balaban J connectivity index is 1.89. The number of aromatic nitrogens is 1. The van der Waals surface area contributed by atoms with Gasteiger partial charge in [0.25, 0.3) is 0 Å². The number of rotatable bonds is 2. The van der Waals surface area contributed by atoms with Gasteiger partial charge in [0.05, 0.1) is 12.2 Å². The van der Waals surface area contributed by atoms with Gasteiger partial charge in [0.1, 0.15) is 11.6 Å². The second-order valence-electron chi connectivity index (χ2n) is 4.20. The van der Waals surface area contributed by atoms with Gasteiger partial charge in [-0.05, 0) is 36.4 Å². The van der Waals surface area contributed by atoms with Crippen LogP contribution in [-0.2, 0) is 0 Å². The lowest BCUT2D eigenvalue weighted by molar-refractivity contribution is 0.619. The molecule has 2 aromatic heterocycles. The average Bonchev–Trinajstić information content (AvgIpc) is 3.00. The van der Waals surface area contributed by atoms with Gasteiger partial charge >= 0.3 is 0 Å². The molecule has 0 amide bonds. The van der Waals surface area contributed by atoms with Crippen LogP contribution in [0.15, 0.2) is 35.8 Å². The maximum absolute atomic E-state index is 12.9. The monoisotopic (exact) mass is 248 g/mol. The van der Waals surface area contributed by atoms with Crippen LogP contribution in [0.3, 0.4) is 0 Å². The summed E-state index contributed by atoms with van der Waals surface area (Å²) in [6.45, 7) is 1.00. The minimum atomic E-state index is -0.277. The summed E-state index contributed by atoms with van der Waals surface area (Å²) in [4.78, 5) is 7.81. The van der Waals surface area contributed by atoms with Crippen LogP contribution in [0.5, 0.6) is 0 Å². The maximum Gasteiger partial charge on any atom is 0.141 e. The van der Waals surface area contributed by atoms with E-state index < -0.39 is 0 Å². The SMILES string of the molecule is Fc1ccc(N2CCCC2c2cccs2)nc1. The van der Waals surface area contributed by atoms with Crippen LogP contribution in [0.2, 0.25) is 0 Å². The number of hydrogen-bond donors (Lipinski definition) is 0. The normalized spacial score (nSPS) is 19.8. The molecule has 1 aliphatic heterocycles. The van der Waals surface area contributed by atoms with E-state index in [1.54, 1.807) is 17.4 Å². The van der Waals surface area contributed by atoms with E-state index in [0.29, 0.717) is 6.04 Å². The first-order chi connectivity index (χ1) is 8.34. The molecule has 3 heterocycles. The molecule has 0 N–H and O–H groups in total. The Morgan fingerprint density at radius 2 is 2.29 bits per heavy atom. The number of anilines is 1. The van der Waals surface area contributed by atoms with Gasteiger partial charge in [-0.3, -0.25) is 0 Å². The first-order valence-corrected chi connectivity index (χ1v) is 6.64. The number of pyridine rings is 1. The summed E-state index contributed by atoms with van der Waals surface area (Å²) >= 11 is 1.78. The zero-order chi connectivity index (χ0) is 11.7. The molecule has 2 nitrogen and oxygen atoms in total. The minimum absolute atomic E-state index is 0.277. The third-order valence-corrected chi connectivity index (χ3v) is 4.10. The fourth-order valence-corrected chi connectivity index (χ4v) is 3.23. The van der Waals surface area contributed by atoms with Crippen LogP contribution in [0.4, 0.5) is 10.2 Å². The molecule has 88 valence electrons. The van der Waals surface area contributed by atoms with Gasteiger partial charge in [-0.2, -0.15) is 0 Å². The van der Waals surface area contributed by atoms with Crippen LogP contribution in [0.1, 0.15) is 23.8 Å². The molecule has 0 saturated carbocycles. The largest absolute Gasteiger partial charge is 0.349 e. The van der Waals surface area contributed by atoms with Gasteiger partial charge in [0.2, 0.25) is 0 Å². The molecule has 17 heavy (non-hydrogen) atoms. The zero-order valence-corrected chi connectivity index (χ0v) is 10.2. The van der Waals surface area contributed by atoms with Crippen LogP contribution in [-0.4, -0.2) is 11.5 Å². The Kier molecular flexibility index (Phi) is 2.81. The molecule has 3 rings (SSSR count). The highest BCUT2D eigenvalue weighted by atomic mass is 32.1. The van der Waals surface area contributed by atoms with Crippen molar-refractivity contribution in [1.82, 2.24) is 4.98 Å².